The SMILES string of the molecule is Cc1cc(-c2ccc(C(F)(F)F)cc2F)cnc1F. The zero-order valence-corrected chi connectivity index (χ0v) is 9.72. The van der Waals surface area contributed by atoms with E-state index in [1.807, 2.05) is 0 Å². The minimum atomic E-state index is -4.60. The molecule has 0 spiro atoms. The van der Waals surface area contributed by atoms with Crippen LogP contribution in [0.2, 0.25) is 0 Å². The van der Waals surface area contributed by atoms with Gasteiger partial charge in [0.15, 0.2) is 0 Å². The van der Waals surface area contributed by atoms with Crippen LogP contribution in [0.15, 0.2) is 30.5 Å². The van der Waals surface area contributed by atoms with Crippen LogP contribution in [-0.2, 0) is 6.18 Å². The largest absolute Gasteiger partial charge is 0.416 e. The molecule has 0 aliphatic rings. The van der Waals surface area contributed by atoms with Crippen LogP contribution < -0.4 is 0 Å². The molecule has 0 radical (unpaired) electrons. The number of benzene rings is 1. The van der Waals surface area contributed by atoms with Gasteiger partial charge in [-0.25, -0.2) is 9.37 Å². The summed E-state index contributed by atoms with van der Waals surface area (Å²) in [5.74, 6) is -1.72. The van der Waals surface area contributed by atoms with Gasteiger partial charge in [-0.05, 0) is 25.1 Å². The summed E-state index contributed by atoms with van der Waals surface area (Å²) in [6.45, 7) is 1.44. The molecule has 0 fully saturated rings. The van der Waals surface area contributed by atoms with Crippen LogP contribution in [0.4, 0.5) is 22.0 Å². The van der Waals surface area contributed by atoms with Gasteiger partial charge in [-0.3, -0.25) is 0 Å². The van der Waals surface area contributed by atoms with Crippen LogP contribution in [0.25, 0.3) is 11.1 Å². The van der Waals surface area contributed by atoms with E-state index in [4.69, 9.17) is 0 Å². The maximum atomic E-state index is 13.7. The number of alkyl halides is 3. The molecule has 0 aliphatic heterocycles. The molecule has 0 aliphatic carbocycles. The Morgan fingerprint density at radius 2 is 1.74 bits per heavy atom. The van der Waals surface area contributed by atoms with E-state index in [2.05, 4.69) is 4.98 Å². The molecular formula is C13H8F5N. The molecule has 2 rings (SSSR count). The molecule has 19 heavy (non-hydrogen) atoms. The predicted octanol–water partition coefficient (Wildman–Crippen LogP) is 4.35. The van der Waals surface area contributed by atoms with E-state index in [0.29, 0.717) is 6.07 Å². The van der Waals surface area contributed by atoms with Crippen LogP contribution in [-0.4, -0.2) is 4.98 Å². The Bertz CT molecular complexity index is 619. The normalized spacial score (nSPS) is 11.7. The molecule has 0 saturated carbocycles. The smallest absolute Gasteiger partial charge is 0.227 e. The zero-order valence-electron chi connectivity index (χ0n) is 9.72. The Kier molecular flexibility index (Phi) is 3.26. The second-order valence-electron chi connectivity index (χ2n) is 4.02. The van der Waals surface area contributed by atoms with Crippen molar-refractivity contribution < 1.29 is 22.0 Å². The maximum absolute atomic E-state index is 13.7. The lowest BCUT2D eigenvalue weighted by Crippen LogP contribution is -2.05. The molecule has 0 atom stereocenters. The van der Waals surface area contributed by atoms with Crippen molar-refractivity contribution >= 4 is 0 Å². The molecule has 1 heterocycles. The molecule has 1 nitrogen and oxygen atoms in total. The Morgan fingerprint density at radius 1 is 1.05 bits per heavy atom. The lowest BCUT2D eigenvalue weighted by molar-refractivity contribution is -0.137. The number of halogens is 5. The first-order chi connectivity index (χ1) is 8.79. The van der Waals surface area contributed by atoms with Gasteiger partial charge in [0.1, 0.15) is 5.82 Å². The average molecular weight is 273 g/mol. The molecule has 0 bridgehead atoms. The van der Waals surface area contributed by atoms with E-state index < -0.39 is 23.5 Å². The van der Waals surface area contributed by atoms with E-state index in [-0.39, 0.29) is 16.7 Å². The summed E-state index contributed by atoms with van der Waals surface area (Å²) in [4.78, 5) is 3.41. The monoisotopic (exact) mass is 273 g/mol. The van der Waals surface area contributed by atoms with Crippen LogP contribution in [0.3, 0.4) is 0 Å². The van der Waals surface area contributed by atoms with Crippen molar-refractivity contribution in [1.29, 1.82) is 0 Å². The Hall–Kier alpha value is -1.98. The highest BCUT2D eigenvalue weighted by Crippen LogP contribution is 2.32. The van der Waals surface area contributed by atoms with Crippen molar-refractivity contribution in [2.24, 2.45) is 0 Å². The highest BCUT2D eigenvalue weighted by Gasteiger charge is 2.31. The van der Waals surface area contributed by atoms with Gasteiger partial charge in [0.05, 0.1) is 5.56 Å². The van der Waals surface area contributed by atoms with Crippen molar-refractivity contribution in [3.63, 3.8) is 0 Å². The lowest BCUT2D eigenvalue weighted by atomic mass is 10.0. The Balaban J connectivity index is 2.49. The predicted molar refractivity (Wildman–Crippen MR) is 59.3 cm³/mol. The highest BCUT2D eigenvalue weighted by molar-refractivity contribution is 5.64. The molecule has 0 unspecified atom stereocenters. The van der Waals surface area contributed by atoms with Crippen molar-refractivity contribution in [3.8, 4) is 11.1 Å². The third kappa shape index (κ3) is 2.72. The first-order valence-electron chi connectivity index (χ1n) is 5.28. The zero-order chi connectivity index (χ0) is 14.2. The molecule has 6 heteroatoms. The van der Waals surface area contributed by atoms with Gasteiger partial charge in [-0.2, -0.15) is 17.6 Å². The third-order valence-electron chi connectivity index (χ3n) is 2.62. The minimum absolute atomic E-state index is 0.0522. The number of aromatic nitrogens is 1. The maximum Gasteiger partial charge on any atom is 0.416 e. The topological polar surface area (TPSA) is 12.9 Å². The van der Waals surface area contributed by atoms with Gasteiger partial charge in [0.25, 0.3) is 0 Å². The third-order valence-corrected chi connectivity index (χ3v) is 2.62. The van der Waals surface area contributed by atoms with Gasteiger partial charge in [-0.15, -0.1) is 0 Å². The summed E-state index contributed by atoms with van der Waals surface area (Å²) < 4.78 is 63.8. The number of nitrogens with zero attached hydrogens (tertiary/aromatic N) is 1. The van der Waals surface area contributed by atoms with E-state index in [0.717, 1.165) is 18.3 Å². The van der Waals surface area contributed by atoms with E-state index >= 15 is 0 Å². The fourth-order valence-corrected chi connectivity index (χ4v) is 1.63. The van der Waals surface area contributed by atoms with Crippen molar-refractivity contribution in [2.45, 2.75) is 13.1 Å². The quantitative estimate of drug-likeness (QED) is 0.556. The summed E-state index contributed by atoms with van der Waals surface area (Å²) in [6, 6.07) is 3.52. The molecule has 100 valence electrons. The minimum Gasteiger partial charge on any atom is -0.227 e. The molecule has 1 aromatic carbocycles. The summed E-state index contributed by atoms with van der Waals surface area (Å²) in [5, 5.41) is 0. The van der Waals surface area contributed by atoms with Crippen molar-refractivity contribution in [1.82, 2.24) is 4.98 Å². The lowest BCUT2D eigenvalue weighted by Gasteiger charge is -2.09. The summed E-state index contributed by atoms with van der Waals surface area (Å²) in [6.07, 6.45) is -3.52. The Morgan fingerprint density at radius 3 is 2.26 bits per heavy atom. The summed E-state index contributed by atoms with van der Waals surface area (Å²) in [7, 11) is 0. The average Bonchev–Trinajstić information content (AvgIpc) is 2.31. The summed E-state index contributed by atoms with van der Waals surface area (Å²) >= 11 is 0. The van der Waals surface area contributed by atoms with Gasteiger partial charge in [0.2, 0.25) is 5.95 Å². The molecule has 0 saturated heterocycles. The van der Waals surface area contributed by atoms with Crippen LogP contribution in [0.1, 0.15) is 11.1 Å². The van der Waals surface area contributed by atoms with Crippen molar-refractivity contribution in [2.75, 3.05) is 0 Å². The van der Waals surface area contributed by atoms with Crippen LogP contribution >= 0.6 is 0 Å². The van der Waals surface area contributed by atoms with Crippen molar-refractivity contribution in [3.05, 3.63) is 53.4 Å². The molecule has 0 amide bonds. The first-order valence-corrected chi connectivity index (χ1v) is 5.28. The number of hydrogen-bond acceptors (Lipinski definition) is 1. The van der Waals surface area contributed by atoms with Gasteiger partial charge in [-0.1, -0.05) is 6.07 Å². The van der Waals surface area contributed by atoms with E-state index in [1.165, 1.54) is 13.0 Å². The van der Waals surface area contributed by atoms with Crippen LogP contribution in [0.5, 0.6) is 0 Å². The number of rotatable bonds is 1. The second-order valence-corrected chi connectivity index (χ2v) is 4.02. The standard InChI is InChI=1S/C13H8F5N/c1-7-4-8(6-19-12(7)15)10-3-2-9(5-11(10)14)13(16,17)18/h2-6H,1H3. The number of hydrogen-bond donors (Lipinski definition) is 0. The second kappa shape index (κ2) is 4.60. The van der Waals surface area contributed by atoms with E-state index in [1.54, 1.807) is 0 Å². The fraction of sp³-hybridized carbons (Fsp3) is 0.154. The molecular weight excluding hydrogens is 265 g/mol. The van der Waals surface area contributed by atoms with Gasteiger partial charge >= 0.3 is 6.18 Å². The number of aryl methyl sites for hydroxylation is 1. The van der Waals surface area contributed by atoms with E-state index in [9.17, 15) is 22.0 Å². The number of pyridine rings is 1. The molecule has 2 aromatic rings. The molecule has 0 N–H and O–H groups in total. The van der Waals surface area contributed by atoms with Gasteiger partial charge in [0, 0.05) is 22.9 Å². The fourth-order valence-electron chi connectivity index (χ4n) is 1.63. The highest BCUT2D eigenvalue weighted by atomic mass is 19.4. The van der Waals surface area contributed by atoms with Crippen LogP contribution in [0, 0.1) is 18.7 Å². The molecule has 1 aromatic heterocycles. The van der Waals surface area contributed by atoms with Gasteiger partial charge < -0.3 is 0 Å². The Labute approximate surface area is 105 Å². The first kappa shape index (κ1) is 13.5. The summed E-state index contributed by atoms with van der Waals surface area (Å²) in [5.41, 5.74) is -0.703.